The van der Waals surface area contributed by atoms with Gasteiger partial charge < -0.3 is 16.0 Å². The molecule has 0 spiro atoms. The number of nitrogens with zero attached hydrogens (tertiary/aromatic N) is 1. The minimum Gasteiger partial charge on any atom is -0.371 e. The van der Waals surface area contributed by atoms with Gasteiger partial charge in [0.2, 0.25) is 0 Å². The second-order valence-corrected chi connectivity index (χ2v) is 6.44. The van der Waals surface area contributed by atoms with Crippen molar-refractivity contribution in [2.75, 3.05) is 24.5 Å². The van der Waals surface area contributed by atoms with Crippen molar-refractivity contribution < 1.29 is 4.79 Å². The van der Waals surface area contributed by atoms with Gasteiger partial charge in [0.25, 0.3) is 5.91 Å². The van der Waals surface area contributed by atoms with Crippen molar-refractivity contribution >= 4 is 36.4 Å². The average molecular weight is 396 g/mol. The van der Waals surface area contributed by atoms with E-state index >= 15 is 0 Å². The van der Waals surface area contributed by atoms with Crippen molar-refractivity contribution in [1.29, 1.82) is 0 Å². The molecule has 2 aromatic carbocycles. The molecule has 26 heavy (non-hydrogen) atoms. The van der Waals surface area contributed by atoms with Crippen molar-refractivity contribution in [3.05, 3.63) is 65.2 Å². The number of amides is 1. The Labute approximate surface area is 168 Å². The van der Waals surface area contributed by atoms with E-state index in [4.69, 9.17) is 5.73 Å². The van der Waals surface area contributed by atoms with Crippen LogP contribution in [0.15, 0.2) is 48.5 Å². The Morgan fingerprint density at radius 1 is 1.12 bits per heavy atom. The molecular formula is C20H27Cl2N3O. The molecule has 0 saturated carbocycles. The van der Waals surface area contributed by atoms with Crippen LogP contribution in [0.5, 0.6) is 0 Å². The van der Waals surface area contributed by atoms with Gasteiger partial charge in [0.15, 0.2) is 0 Å². The third kappa shape index (κ3) is 5.37. The zero-order valence-corrected chi connectivity index (χ0v) is 16.6. The number of anilines is 1. The lowest BCUT2D eigenvalue weighted by Crippen LogP contribution is -2.33. The van der Waals surface area contributed by atoms with Crippen LogP contribution >= 0.6 is 24.8 Å². The van der Waals surface area contributed by atoms with Crippen LogP contribution in [0.2, 0.25) is 0 Å². The molecular weight excluding hydrogens is 369 g/mol. The molecule has 142 valence electrons. The van der Waals surface area contributed by atoms with Gasteiger partial charge in [0.1, 0.15) is 0 Å². The molecule has 6 heteroatoms. The zero-order chi connectivity index (χ0) is 16.9. The van der Waals surface area contributed by atoms with E-state index in [-0.39, 0.29) is 36.8 Å². The van der Waals surface area contributed by atoms with E-state index in [0.717, 1.165) is 35.5 Å². The highest BCUT2D eigenvalue weighted by molar-refractivity contribution is 6.00. The molecule has 1 amide bonds. The Kier molecular flexibility index (Phi) is 8.93. The summed E-state index contributed by atoms with van der Waals surface area (Å²) in [6.07, 6.45) is 2.38. The van der Waals surface area contributed by atoms with Crippen LogP contribution in [-0.4, -0.2) is 25.5 Å². The summed E-state index contributed by atoms with van der Waals surface area (Å²) in [6, 6.07) is 15.8. The molecule has 3 rings (SSSR count). The number of carbonyl (C=O) groups excluding carboxylic acids is 1. The molecule has 1 unspecified atom stereocenters. The summed E-state index contributed by atoms with van der Waals surface area (Å²) in [6.45, 7) is 4.48. The molecule has 1 atom stereocenters. The fraction of sp³-hybridized carbons (Fsp3) is 0.350. The molecule has 0 aromatic heterocycles. The lowest BCUT2D eigenvalue weighted by atomic mass is 10.1. The Bertz CT molecular complexity index is 703. The summed E-state index contributed by atoms with van der Waals surface area (Å²) in [5, 5.41) is 3.00. The fourth-order valence-electron chi connectivity index (χ4n) is 3.18. The number of nitrogens with one attached hydrogen (secondary N) is 1. The number of benzene rings is 2. The minimum atomic E-state index is -0.199. The molecule has 1 saturated heterocycles. The van der Waals surface area contributed by atoms with Crippen LogP contribution in [0.1, 0.15) is 40.4 Å². The standard InChI is InChI=1S/C20H25N3O.2ClH/c1-15-9-10-19(23-11-5-6-12-23)17(13-15)20(24)22-14-18(21)16-7-3-2-4-8-16;;/h2-4,7-10,13,18H,5-6,11-12,14,21H2,1H3,(H,22,24);2*1H. The summed E-state index contributed by atoms with van der Waals surface area (Å²) in [5.41, 5.74) is 10.1. The summed E-state index contributed by atoms with van der Waals surface area (Å²) < 4.78 is 0. The number of hydrogen-bond acceptors (Lipinski definition) is 3. The van der Waals surface area contributed by atoms with Gasteiger partial charge in [-0.3, -0.25) is 4.79 Å². The molecule has 3 N–H and O–H groups in total. The third-order valence-corrected chi connectivity index (χ3v) is 4.55. The van der Waals surface area contributed by atoms with Crippen LogP contribution in [-0.2, 0) is 0 Å². The lowest BCUT2D eigenvalue weighted by Gasteiger charge is -2.22. The van der Waals surface area contributed by atoms with Gasteiger partial charge in [0.05, 0.1) is 5.56 Å². The molecule has 0 radical (unpaired) electrons. The summed E-state index contributed by atoms with van der Waals surface area (Å²) in [4.78, 5) is 15.0. The number of halogens is 2. The maximum atomic E-state index is 12.7. The van der Waals surface area contributed by atoms with Gasteiger partial charge in [0, 0.05) is 31.4 Å². The second-order valence-electron chi connectivity index (χ2n) is 6.44. The van der Waals surface area contributed by atoms with E-state index in [1.165, 1.54) is 12.8 Å². The number of rotatable bonds is 5. The maximum absolute atomic E-state index is 12.7. The van der Waals surface area contributed by atoms with Crippen LogP contribution in [0.3, 0.4) is 0 Å². The Morgan fingerprint density at radius 2 is 1.77 bits per heavy atom. The van der Waals surface area contributed by atoms with Crippen molar-refractivity contribution in [3.63, 3.8) is 0 Å². The average Bonchev–Trinajstić information content (AvgIpc) is 3.14. The van der Waals surface area contributed by atoms with Crippen molar-refractivity contribution in [2.45, 2.75) is 25.8 Å². The third-order valence-electron chi connectivity index (χ3n) is 4.55. The first-order valence-corrected chi connectivity index (χ1v) is 8.59. The topological polar surface area (TPSA) is 58.4 Å². The summed E-state index contributed by atoms with van der Waals surface area (Å²) in [7, 11) is 0. The van der Waals surface area contributed by atoms with Crippen LogP contribution in [0.25, 0.3) is 0 Å². The minimum absolute atomic E-state index is 0. The molecule has 4 nitrogen and oxygen atoms in total. The van der Waals surface area contributed by atoms with Gasteiger partial charge in [-0.05, 0) is 37.5 Å². The van der Waals surface area contributed by atoms with Crippen LogP contribution in [0, 0.1) is 6.92 Å². The summed E-state index contributed by atoms with van der Waals surface area (Å²) in [5.74, 6) is -0.0491. The van der Waals surface area contributed by atoms with Gasteiger partial charge in [-0.1, -0.05) is 42.0 Å². The maximum Gasteiger partial charge on any atom is 0.253 e. The first kappa shape index (κ1) is 22.3. The van der Waals surface area contributed by atoms with E-state index in [9.17, 15) is 4.79 Å². The van der Waals surface area contributed by atoms with Gasteiger partial charge in [-0.15, -0.1) is 24.8 Å². The number of nitrogens with two attached hydrogens (primary N) is 1. The molecule has 0 aliphatic carbocycles. The molecule has 2 aromatic rings. The Morgan fingerprint density at radius 3 is 2.42 bits per heavy atom. The van der Waals surface area contributed by atoms with E-state index in [1.807, 2.05) is 43.3 Å². The van der Waals surface area contributed by atoms with Gasteiger partial charge in [-0.2, -0.15) is 0 Å². The number of aryl methyl sites for hydroxylation is 1. The van der Waals surface area contributed by atoms with Crippen molar-refractivity contribution in [3.8, 4) is 0 Å². The van der Waals surface area contributed by atoms with Crippen LogP contribution in [0.4, 0.5) is 5.69 Å². The predicted molar refractivity (Wildman–Crippen MR) is 113 cm³/mol. The Balaban J connectivity index is 0.00000169. The number of hydrogen-bond donors (Lipinski definition) is 2. The quantitative estimate of drug-likeness (QED) is 0.807. The summed E-state index contributed by atoms with van der Waals surface area (Å²) >= 11 is 0. The van der Waals surface area contributed by atoms with E-state index in [0.29, 0.717) is 6.54 Å². The lowest BCUT2D eigenvalue weighted by molar-refractivity contribution is 0.0951. The van der Waals surface area contributed by atoms with Crippen molar-refractivity contribution in [1.82, 2.24) is 5.32 Å². The molecule has 1 heterocycles. The van der Waals surface area contributed by atoms with Gasteiger partial charge >= 0.3 is 0 Å². The molecule has 0 bridgehead atoms. The Hall–Kier alpha value is -1.75. The fourth-order valence-corrected chi connectivity index (χ4v) is 3.18. The normalized spacial score (nSPS) is 14.2. The smallest absolute Gasteiger partial charge is 0.253 e. The van der Waals surface area contributed by atoms with E-state index in [2.05, 4.69) is 22.3 Å². The number of carbonyl (C=O) groups is 1. The van der Waals surface area contributed by atoms with Crippen molar-refractivity contribution in [2.24, 2.45) is 5.73 Å². The first-order valence-electron chi connectivity index (χ1n) is 8.59. The molecule has 1 fully saturated rings. The van der Waals surface area contributed by atoms with Gasteiger partial charge in [-0.25, -0.2) is 0 Å². The highest BCUT2D eigenvalue weighted by Crippen LogP contribution is 2.25. The van der Waals surface area contributed by atoms with E-state index in [1.54, 1.807) is 0 Å². The highest BCUT2D eigenvalue weighted by atomic mass is 35.5. The zero-order valence-electron chi connectivity index (χ0n) is 15.0. The predicted octanol–water partition coefficient (Wildman–Crippen LogP) is 3.87. The van der Waals surface area contributed by atoms with Crippen LogP contribution < -0.4 is 16.0 Å². The monoisotopic (exact) mass is 395 g/mol. The largest absolute Gasteiger partial charge is 0.371 e. The second kappa shape index (κ2) is 10.4. The molecule has 1 aliphatic heterocycles. The SMILES string of the molecule is Cc1ccc(N2CCCC2)c(C(=O)NCC(N)c2ccccc2)c1.Cl.Cl. The van der Waals surface area contributed by atoms with E-state index < -0.39 is 0 Å². The highest BCUT2D eigenvalue weighted by Gasteiger charge is 2.20. The first-order chi connectivity index (χ1) is 11.6. The molecule has 1 aliphatic rings.